The third-order valence-corrected chi connectivity index (χ3v) is 4.07. The Balaban J connectivity index is 2.14. The minimum Gasteiger partial charge on any atom is -0.238 e. The van der Waals surface area contributed by atoms with E-state index in [2.05, 4.69) is 15.0 Å². The Labute approximate surface area is 105 Å². The predicted octanol–water partition coefficient (Wildman–Crippen LogP) is 3.38. The molecule has 0 bridgehead atoms. The summed E-state index contributed by atoms with van der Waals surface area (Å²) in [5, 5.41) is 3.34. The number of thiazole rings is 1. The summed E-state index contributed by atoms with van der Waals surface area (Å²) in [6, 6.07) is 4.87. The molecule has 0 aliphatic rings. The van der Waals surface area contributed by atoms with Gasteiger partial charge in [-0.05, 0) is 23.9 Å². The first-order chi connectivity index (χ1) is 8.34. The summed E-state index contributed by atoms with van der Waals surface area (Å²) in [7, 11) is 0. The van der Waals surface area contributed by atoms with E-state index in [1.54, 1.807) is 12.3 Å². The molecule has 6 heteroatoms. The van der Waals surface area contributed by atoms with Gasteiger partial charge in [0.2, 0.25) is 0 Å². The van der Waals surface area contributed by atoms with Crippen LogP contribution in [-0.4, -0.2) is 15.0 Å². The number of benzene rings is 1. The second kappa shape index (κ2) is 4.38. The van der Waals surface area contributed by atoms with Gasteiger partial charge in [-0.25, -0.2) is 19.3 Å². The van der Waals surface area contributed by atoms with Crippen LogP contribution < -0.4 is 0 Å². The van der Waals surface area contributed by atoms with Gasteiger partial charge in [-0.3, -0.25) is 0 Å². The van der Waals surface area contributed by atoms with Crippen LogP contribution in [0.1, 0.15) is 0 Å². The number of hydrogen-bond acceptors (Lipinski definition) is 5. The number of halogens is 1. The Morgan fingerprint density at radius 3 is 2.94 bits per heavy atom. The topological polar surface area (TPSA) is 38.7 Å². The molecule has 0 unspecified atom stereocenters. The molecule has 3 rings (SSSR count). The number of nitrogens with zero attached hydrogens (tertiary/aromatic N) is 3. The van der Waals surface area contributed by atoms with Crippen LogP contribution in [0.5, 0.6) is 0 Å². The molecule has 0 amide bonds. The molecule has 2 aromatic heterocycles. The van der Waals surface area contributed by atoms with Crippen molar-refractivity contribution in [3.8, 4) is 0 Å². The fourth-order valence-corrected chi connectivity index (χ4v) is 3.06. The summed E-state index contributed by atoms with van der Waals surface area (Å²) in [4.78, 5) is 12.3. The molecule has 0 aliphatic carbocycles. The molecule has 3 aromatic rings. The van der Waals surface area contributed by atoms with Gasteiger partial charge < -0.3 is 0 Å². The molecule has 0 aliphatic heterocycles. The molecule has 17 heavy (non-hydrogen) atoms. The van der Waals surface area contributed by atoms with Crippen LogP contribution in [0.2, 0.25) is 0 Å². The van der Waals surface area contributed by atoms with Crippen LogP contribution in [0.15, 0.2) is 45.5 Å². The maximum atomic E-state index is 13.5. The lowest BCUT2D eigenvalue weighted by molar-refractivity contribution is 0.636. The summed E-state index contributed by atoms with van der Waals surface area (Å²) >= 11 is 2.95. The Kier molecular flexibility index (Phi) is 2.74. The highest BCUT2D eigenvalue weighted by atomic mass is 32.2. The second-order valence-corrected chi connectivity index (χ2v) is 5.35. The number of rotatable bonds is 2. The molecule has 0 radical (unpaired) electrons. The Bertz CT molecular complexity index is 655. The number of para-hydroxylation sites is 1. The van der Waals surface area contributed by atoms with E-state index in [1.807, 2.05) is 11.4 Å². The van der Waals surface area contributed by atoms with Crippen LogP contribution in [0.3, 0.4) is 0 Å². The van der Waals surface area contributed by atoms with Crippen molar-refractivity contribution < 1.29 is 4.39 Å². The molecule has 1 aromatic carbocycles. The van der Waals surface area contributed by atoms with Gasteiger partial charge >= 0.3 is 0 Å². The van der Waals surface area contributed by atoms with Crippen molar-refractivity contribution in [1.82, 2.24) is 15.0 Å². The summed E-state index contributed by atoms with van der Waals surface area (Å²) in [6.45, 7) is 0. The van der Waals surface area contributed by atoms with Gasteiger partial charge in [0.25, 0.3) is 0 Å². The van der Waals surface area contributed by atoms with Crippen molar-refractivity contribution in [2.45, 2.75) is 9.37 Å². The highest BCUT2D eigenvalue weighted by Gasteiger charge is 2.09. The van der Waals surface area contributed by atoms with Gasteiger partial charge in [0, 0.05) is 17.0 Å². The average Bonchev–Trinajstić information content (AvgIpc) is 2.83. The molecule has 0 spiro atoms. The lowest BCUT2D eigenvalue weighted by Gasteiger charge is -2.02. The Hall–Kier alpha value is -1.53. The largest absolute Gasteiger partial charge is 0.238 e. The highest BCUT2D eigenvalue weighted by molar-refractivity contribution is 8.01. The second-order valence-electron chi connectivity index (χ2n) is 3.21. The molecule has 0 saturated carbocycles. The molecule has 0 fully saturated rings. The van der Waals surface area contributed by atoms with Crippen LogP contribution in [0.25, 0.3) is 10.9 Å². The molecular weight excluding hydrogens is 257 g/mol. The van der Waals surface area contributed by atoms with E-state index >= 15 is 0 Å². The van der Waals surface area contributed by atoms with Gasteiger partial charge in [0.1, 0.15) is 22.7 Å². The average molecular weight is 263 g/mol. The SMILES string of the molecule is Fc1cccc2c(Sc3nccs3)ncnc12. The van der Waals surface area contributed by atoms with Gasteiger partial charge in [-0.2, -0.15) is 0 Å². The standard InChI is InChI=1S/C11H6FN3S2/c12-8-3-1-2-7-9(8)14-6-15-10(7)17-11-13-4-5-16-11/h1-6H. The van der Waals surface area contributed by atoms with Gasteiger partial charge in [0.15, 0.2) is 4.34 Å². The minimum atomic E-state index is -0.328. The Morgan fingerprint density at radius 2 is 2.12 bits per heavy atom. The van der Waals surface area contributed by atoms with Gasteiger partial charge in [-0.1, -0.05) is 6.07 Å². The summed E-state index contributed by atoms with van der Waals surface area (Å²) in [6.07, 6.45) is 3.11. The van der Waals surface area contributed by atoms with Crippen LogP contribution in [-0.2, 0) is 0 Å². The zero-order chi connectivity index (χ0) is 11.7. The third-order valence-electron chi connectivity index (χ3n) is 2.17. The zero-order valence-electron chi connectivity index (χ0n) is 8.50. The number of aromatic nitrogens is 3. The van der Waals surface area contributed by atoms with Crippen molar-refractivity contribution in [2.75, 3.05) is 0 Å². The number of fused-ring (bicyclic) bond motifs is 1. The lowest BCUT2D eigenvalue weighted by atomic mass is 10.2. The zero-order valence-corrected chi connectivity index (χ0v) is 10.1. The quantitative estimate of drug-likeness (QED) is 0.664. The monoisotopic (exact) mass is 263 g/mol. The van der Waals surface area contributed by atoms with E-state index in [-0.39, 0.29) is 5.82 Å². The number of hydrogen-bond donors (Lipinski definition) is 0. The van der Waals surface area contributed by atoms with Crippen molar-refractivity contribution in [3.63, 3.8) is 0 Å². The van der Waals surface area contributed by atoms with Gasteiger partial charge in [0.05, 0.1) is 0 Å². The van der Waals surface area contributed by atoms with E-state index in [4.69, 9.17) is 0 Å². The first-order valence-corrected chi connectivity index (χ1v) is 6.51. The highest BCUT2D eigenvalue weighted by Crippen LogP contribution is 2.32. The van der Waals surface area contributed by atoms with Crippen LogP contribution in [0, 0.1) is 5.82 Å². The normalized spacial score (nSPS) is 10.9. The summed E-state index contributed by atoms with van der Waals surface area (Å²) in [5.74, 6) is -0.328. The molecule has 3 nitrogen and oxygen atoms in total. The summed E-state index contributed by atoms with van der Waals surface area (Å²) in [5.41, 5.74) is 0.349. The Morgan fingerprint density at radius 1 is 1.18 bits per heavy atom. The minimum absolute atomic E-state index is 0.328. The van der Waals surface area contributed by atoms with E-state index in [0.29, 0.717) is 10.9 Å². The fourth-order valence-electron chi connectivity index (χ4n) is 1.45. The molecule has 2 heterocycles. The molecule has 0 saturated heterocycles. The molecule has 0 N–H and O–H groups in total. The van der Waals surface area contributed by atoms with Crippen molar-refractivity contribution in [1.29, 1.82) is 0 Å². The van der Waals surface area contributed by atoms with Crippen molar-refractivity contribution >= 4 is 34.0 Å². The van der Waals surface area contributed by atoms with Crippen molar-refractivity contribution in [3.05, 3.63) is 41.9 Å². The molecular formula is C11H6FN3S2. The fraction of sp³-hybridized carbons (Fsp3) is 0. The first-order valence-electron chi connectivity index (χ1n) is 4.81. The molecule has 0 atom stereocenters. The molecule has 84 valence electrons. The van der Waals surface area contributed by atoms with E-state index in [0.717, 1.165) is 9.37 Å². The first kappa shape index (κ1) is 10.6. The van der Waals surface area contributed by atoms with Gasteiger partial charge in [-0.15, -0.1) is 11.3 Å². The third kappa shape index (κ3) is 2.01. The maximum absolute atomic E-state index is 13.5. The van der Waals surface area contributed by atoms with E-state index < -0.39 is 0 Å². The maximum Gasteiger partial charge on any atom is 0.156 e. The predicted molar refractivity (Wildman–Crippen MR) is 65.7 cm³/mol. The van der Waals surface area contributed by atoms with E-state index in [9.17, 15) is 4.39 Å². The van der Waals surface area contributed by atoms with Crippen LogP contribution in [0.4, 0.5) is 4.39 Å². The summed E-state index contributed by atoms with van der Waals surface area (Å²) < 4.78 is 14.4. The lowest BCUT2D eigenvalue weighted by Crippen LogP contribution is -1.89. The van der Waals surface area contributed by atoms with Crippen molar-refractivity contribution in [2.24, 2.45) is 0 Å². The van der Waals surface area contributed by atoms with Crippen LogP contribution >= 0.6 is 23.1 Å². The smallest absolute Gasteiger partial charge is 0.156 e. The van der Waals surface area contributed by atoms with E-state index in [1.165, 1.54) is 35.5 Å².